The summed E-state index contributed by atoms with van der Waals surface area (Å²) >= 11 is 0. The first kappa shape index (κ1) is 34.7. The number of ether oxygens (including phenoxy) is 3. The number of piperidine rings is 1. The zero-order chi connectivity index (χ0) is 35.6. The minimum absolute atomic E-state index is 0.0981. The van der Waals surface area contributed by atoms with Gasteiger partial charge in [0, 0.05) is 37.5 Å². The van der Waals surface area contributed by atoms with E-state index in [0.29, 0.717) is 60.9 Å². The standard InChI is InChI=1S/C35H38F3N7O5/c1-4-49-32(47)26-19-34(20-40-26)12-15-44(16-13-34)28-18-29(42-33(39)41-28)50-30(35(36,37)38)25-17-24(9-10-27(25)45-14-11-21(2)43-45)22-5-7-23(8-6-22)31(46)48-3/h5-11,14,17-18,26,30,40H,4,12-13,15-16,19-20H2,1-3H3,(H2,39,41,42)/t26-,30+/m0/s1. The van der Waals surface area contributed by atoms with E-state index in [9.17, 15) is 9.59 Å². The Morgan fingerprint density at radius 1 is 1.06 bits per heavy atom. The van der Waals surface area contributed by atoms with E-state index in [1.807, 2.05) is 4.90 Å². The van der Waals surface area contributed by atoms with Gasteiger partial charge in [-0.1, -0.05) is 18.2 Å². The van der Waals surface area contributed by atoms with Gasteiger partial charge in [-0.2, -0.15) is 28.2 Å². The predicted octanol–water partition coefficient (Wildman–Crippen LogP) is 5.20. The van der Waals surface area contributed by atoms with E-state index in [4.69, 9.17) is 19.9 Å². The first-order valence-electron chi connectivity index (χ1n) is 16.3. The van der Waals surface area contributed by atoms with Crippen molar-refractivity contribution in [3.63, 3.8) is 0 Å². The molecule has 2 aromatic carbocycles. The van der Waals surface area contributed by atoms with Crippen molar-refractivity contribution in [2.45, 2.75) is 51.4 Å². The molecule has 2 aromatic heterocycles. The van der Waals surface area contributed by atoms with Crippen LogP contribution >= 0.6 is 0 Å². The SMILES string of the molecule is CCOC(=O)[C@@H]1CC2(CCN(c3cc(O[C@H](c4cc(-c5ccc(C(=O)OC)cc5)ccc4-n4ccc(C)n4)C(F)(F)F)nc(N)n3)CC2)CN1. The first-order valence-corrected chi connectivity index (χ1v) is 16.3. The molecule has 2 aliphatic heterocycles. The van der Waals surface area contributed by atoms with Crippen LogP contribution in [0.2, 0.25) is 0 Å². The second kappa shape index (κ2) is 14.0. The molecule has 2 saturated heterocycles. The highest BCUT2D eigenvalue weighted by Crippen LogP contribution is 2.43. The Morgan fingerprint density at radius 2 is 1.78 bits per heavy atom. The number of hydrogen-bond acceptors (Lipinski definition) is 11. The molecule has 0 unspecified atom stereocenters. The number of rotatable bonds is 9. The first-order chi connectivity index (χ1) is 23.9. The van der Waals surface area contributed by atoms with Crippen molar-refractivity contribution in [2.24, 2.45) is 5.41 Å². The van der Waals surface area contributed by atoms with Crippen LogP contribution in [0.4, 0.5) is 24.9 Å². The summed E-state index contributed by atoms with van der Waals surface area (Å²) in [5.41, 5.74) is 7.83. The number of nitrogen functional groups attached to an aromatic ring is 1. The van der Waals surface area contributed by atoms with Crippen LogP contribution in [-0.2, 0) is 14.3 Å². The number of carbonyl (C=O) groups is 2. The average molecular weight is 694 g/mol. The lowest BCUT2D eigenvalue weighted by molar-refractivity contribution is -0.198. The molecule has 12 nitrogen and oxygen atoms in total. The predicted molar refractivity (Wildman–Crippen MR) is 178 cm³/mol. The van der Waals surface area contributed by atoms with Crippen molar-refractivity contribution in [1.29, 1.82) is 0 Å². The lowest BCUT2D eigenvalue weighted by atomic mass is 9.76. The number of hydrogen-bond donors (Lipinski definition) is 2. The third-order valence-corrected chi connectivity index (χ3v) is 9.24. The Kier molecular flexibility index (Phi) is 9.69. The van der Waals surface area contributed by atoms with Crippen LogP contribution in [0.1, 0.15) is 53.9 Å². The molecular weight excluding hydrogens is 655 g/mol. The quantitative estimate of drug-likeness (QED) is 0.223. The number of anilines is 2. The monoisotopic (exact) mass is 693 g/mol. The molecular formula is C35H38F3N7O5. The molecule has 2 fully saturated rings. The van der Waals surface area contributed by atoms with E-state index >= 15 is 13.2 Å². The zero-order valence-corrected chi connectivity index (χ0v) is 27.9. The van der Waals surface area contributed by atoms with Gasteiger partial charge in [0.1, 0.15) is 11.9 Å². The average Bonchev–Trinajstić information content (AvgIpc) is 3.72. The molecule has 15 heteroatoms. The van der Waals surface area contributed by atoms with Gasteiger partial charge in [0.2, 0.25) is 17.9 Å². The Balaban J connectivity index is 1.29. The third-order valence-electron chi connectivity index (χ3n) is 9.24. The Bertz CT molecular complexity index is 1860. The van der Waals surface area contributed by atoms with E-state index in [2.05, 4.69) is 20.4 Å². The second-order valence-corrected chi connectivity index (χ2v) is 12.6. The highest BCUT2D eigenvalue weighted by atomic mass is 19.4. The topological polar surface area (TPSA) is 147 Å². The van der Waals surface area contributed by atoms with Crippen molar-refractivity contribution in [3.8, 4) is 22.7 Å². The number of carbonyl (C=O) groups excluding carboxylic acids is 2. The summed E-state index contributed by atoms with van der Waals surface area (Å²) < 4.78 is 62.1. The van der Waals surface area contributed by atoms with Gasteiger partial charge >= 0.3 is 18.1 Å². The number of alkyl halides is 3. The maximum atomic E-state index is 15.0. The number of nitrogens with zero attached hydrogens (tertiary/aromatic N) is 5. The molecule has 0 bridgehead atoms. The summed E-state index contributed by atoms with van der Waals surface area (Å²) in [4.78, 5) is 34.5. The zero-order valence-electron chi connectivity index (χ0n) is 27.9. The molecule has 6 rings (SSSR count). The molecule has 50 heavy (non-hydrogen) atoms. The number of esters is 2. The number of benzene rings is 2. The summed E-state index contributed by atoms with van der Waals surface area (Å²) in [7, 11) is 1.27. The number of halogens is 3. The van der Waals surface area contributed by atoms with Gasteiger partial charge in [0.25, 0.3) is 0 Å². The van der Waals surface area contributed by atoms with E-state index in [-0.39, 0.29) is 40.5 Å². The number of aryl methyl sites for hydroxylation is 1. The molecule has 0 amide bonds. The molecule has 0 saturated carbocycles. The molecule has 0 radical (unpaired) electrons. The highest BCUT2D eigenvalue weighted by molar-refractivity contribution is 5.90. The van der Waals surface area contributed by atoms with Crippen molar-refractivity contribution in [2.75, 3.05) is 44.0 Å². The molecule has 2 aliphatic rings. The smallest absolute Gasteiger partial charge is 0.429 e. The van der Waals surface area contributed by atoms with Gasteiger partial charge in [0.05, 0.1) is 30.7 Å². The lowest BCUT2D eigenvalue weighted by Crippen LogP contribution is -2.41. The second-order valence-electron chi connectivity index (χ2n) is 12.6. The Morgan fingerprint density at radius 3 is 2.42 bits per heavy atom. The van der Waals surface area contributed by atoms with Crippen LogP contribution in [0.3, 0.4) is 0 Å². The number of aromatic nitrogens is 4. The minimum Gasteiger partial charge on any atom is -0.465 e. The van der Waals surface area contributed by atoms with Crippen molar-refractivity contribution < 1.29 is 37.0 Å². The van der Waals surface area contributed by atoms with Gasteiger partial charge in [-0.3, -0.25) is 4.79 Å². The summed E-state index contributed by atoms with van der Waals surface area (Å²) in [6.45, 7) is 5.60. The largest absolute Gasteiger partial charge is 0.465 e. The van der Waals surface area contributed by atoms with E-state index in [1.54, 1.807) is 62.5 Å². The normalized spacial score (nSPS) is 17.8. The number of nitrogens with two attached hydrogens (primary N) is 1. The molecule has 0 aliphatic carbocycles. The Hall–Kier alpha value is -5.18. The maximum absolute atomic E-state index is 15.0. The van der Waals surface area contributed by atoms with Crippen LogP contribution in [0.25, 0.3) is 16.8 Å². The molecule has 264 valence electrons. The van der Waals surface area contributed by atoms with Crippen molar-refractivity contribution in [3.05, 3.63) is 77.6 Å². The van der Waals surface area contributed by atoms with Crippen LogP contribution in [0, 0.1) is 12.3 Å². The van der Waals surface area contributed by atoms with E-state index in [0.717, 1.165) is 12.8 Å². The molecule has 4 aromatic rings. The van der Waals surface area contributed by atoms with Gasteiger partial charge in [-0.15, -0.1) is 0 Å². The maximum Gasteiger partial charge on any atom is 0.429 e. The molecule has 4 heterocycles. The fraction of sp³-hybridized carbons (Fsp3) is 0.400. The van der Waals surface area contributed by atoms with Gasteiger partial charge in [-0.05, 0) is 80.0 Å². The van der Waals surface area contributed by atoms with Crippen molar-refractivity contribution in [1.82, 2.24) is 25.1 Å². The summed E-state index contributed by atoms with van der Waals surface area (Å²) in [6.07, 6.45) is -3.65. The van der Waals surface area contributed by atoms with Gasteiger partial charge in [0.15, 0.2) is 0 Å². The van der Waals surface area contributed by atoms with Crippen LogP contribution in [0.5, 0.6) is 5.88 Å². The molecule has 2 atom stereocenters. The number of methoxy groups -OCH3 is 1. The van der Waals surface area contributed by atoms with Crippen LogP contribution in [0.15, 0.2) is 60.8 Å². The lowest BCUT2D eigenvalue weighted by Gasteiger charge is -2.39. The molecule has 1 spiro atoms. The Labute approximate surface area is 286 Å². The van der Waals surface area contributed by atoms with Crippen LogP contribution < -0.4 is 20.7 Å². The summed E-state index contributed by atoms with van der Waals surface area (Å²) in [5, 5.41) is 7.64. The fourth-order valence-corrected chi connectivity index (χ4v) is 6.62. The van der Waals surface area contributed by atoms with Crippen LogP contribution in [-0.4, -0.2) is 77.3 Å². The highest BCUT2D eigenvalue weighted by Gasteiger charge is 2.46. The summed E-state index contributed by atoms with van der Waals surface area (Å²) in [5.74, 6) is -1.01. The van der Waals surface area contributed by atoms with Gasteiger partial charge < -0.3 is 30.2 Å². The van der Waals surface area contributed by atoms with Crippen molar-refractivity contribution >= 4 is 23.7 Å². The summed E-state index contributed by atoms with van der Waals surface area (Å²) in [6, 6.07) is 13.7. The van der Waals surface area contributed by atoms with E-state index in [1.165, 1.54) is 23.9 Å². The fourth-order valence-electron chi connectivity index (χ4n) is 6.62. The third kappa shape index (κ3) is 7.37. The minimum atomic E-state index is -4.88. The van der Waals surface area contributed by atoms with E-state index < -0.39 is 18.2 Å². The number of nitrogens with one attached hydrogen (secondary N) is 1. The molecule has 3 N–H and O–H groups in total. The van der Waals surface area contributed by atoms with Gasteiger partial charge in [-0.25, -0.2) is 9.48 Å².